The minimum absolute atomic E-state index is 0.00781. The number of amides is 3. The van der Waals surface area contributed by atoms with Crippen molar-refractivity contribution in [3.8, 4) is 16.9 Å². The van der Waals surface area contributed by atoms with Gasteiger partial charge in [-0.3, -0.25) is 29.1 Å². The SMILES string of the molecule is O=C1CCC(Nc2ccc(C3CCN(CC4(F)CCN(C(=O)[C@H]5CC[C@H](Nc6ncc(F)c(-c7cccc(-n8ccccc8=O)c7)n6)CC5)CC4)CC3)c(F)c2)C(=O)N1. The minimum Gasteiger partial charge on any atom is -0.374 e. The van der Waals surface area contributed by atoms with Crippen molar-refractivity contribution in [1.82, 2.24) is 29.7 Å². The molecule has 59 heavy (non-hydrogen) atoms. The van der Waals surface area contributed by atoms with Crippen LogP contribution in [0.1, 0.15) is 75.7 Å². The predicted molar refractivity (Wildman–Crippen MR) is 217 cm³/mol. The van der Waals surface area contributed by atoms with Gasteiger partial charge in [-0.05, 0) is 99.8 Å². The summed E-state index contributed by atoms with van der Waals surface area (Å²) < 4.78 is 47.9. The fourth-order valence-electron chi connectivity index (χ4n) is 9.08. The molecule has 3 aliphatic heterocycles. The van der Waals surface area contributed by atoms with Crippen molar-refractivity contribution >= 4 is 29.4 Å². The molecule has 1 atom stereocenters. The van der Waals surface area contributed by atoms with Crippen LogP contribution in [0.15, 0.2) is 77.9 Å². The third-order valence-electron chi connectivity index (χ3n) is 12.5. The van der Waals surface area contributed by atoms with E-state index in [1.54, 1.807) is 54.7 Å². The summed E-state index contributed by atoms with van der Waals surface area (Å²) in [6.07, 6.45) is 8.11. The van der Waals surface area contributed by atoms with Crippen LogP contribution in [0.4, 0.5) is 24.8 Å². The number of nitrogens with zero attached hydrogens (tertiary/aromatic N) is 5. The Morgan fingerprint density at radius 1 is 0.847 bits per heavy atom. The van der Waals surface area contributed by atoms with Gasteiger partial charge in [0.05, 0.1) is 6.20 Å². The molecule has 8 rings (SSSR count). The van der Waals surface area contributed by atoms with Gasteiger partial charge in [-0.2, -0.15) is 0 Å². The van der Waals surface area contributed by atoms with Gasteiger partial charge in [0.25, 0.3) is 5.56 Å². The topological polar surface area (TPSA) is 142 Å². The first-order valence-corrected chi connectivity index (χ1v) is 20.7. The molecular formula is C44H49F3N8O4. The van der Waals surface area contributed by atoms with Crippen molar-refractivity contribution in [2.45, 2.75) is 87.9 Å². The van der Waals surface area contributed by atoms with E-state index in [0.717, 1.165) is 6.20 Å². The first kappa shape index (κ1) is 40.2. The maximum Gasteiger partial charge on any atom is 0.255 e. The van der Waals surface area contributed by atoms with Gasteiger partial charge < -0.3 is 20.4 Å². The molecule has 4 aliphatic rings. The average molecular weight is 811 g/mol. The van der Waals surface area contributed by atoms with Gasteiger partial charge in [0.1, 0.15) is 23.2 Å². The van der Waals surface area contributed by atoms with Crippen molar-refractivity contribution < 1.29 is 27.6 Å². The van der Waals surface area contributed by atoms with Gasteiger partial charge in [0.2, 0.25) is 23.7 Å². The van der Waals surface area contributed by atoms with Gasteiger partial charge >= 0.3 is 0 Å². The Labute approximate surface area is 340 Å². The molecule has 3 N–H and O–H groups in total. The standard InChI is InChI=1S/C44H49F3N8O4/c45-35-25-32(49-37-13-14-38(56)51-41(37)58)11-12-34(35)28-15-20-53(21-16-28)27-44(47)17-22-54(23-18-44)42(59)29-7-9-31(10-8-29)50-43-48-26-36(46)40(52-43)30-4-3-5-33(24-30)55-19-2-1-6-39(55)57/h1-6,11-12,19,24-26,28-29,31,37,49H,7-10,13-18,20-23,27H2,(H,48,50,52)(H,51,56,58)/t29-,31-,37?. The summed E-state index contributed by atoms with van der Waals surface area (Å²) in [6, 6.07) is 16.2. The number of piperidine rings is 3. The fraction of sp³-hybridized carbons (Fsp3) is 0.455. The number of halogens is 3. The molecule has 0 radical (unpaired) electrons. The summed E-state index contributed by atoms with van der Waals surface area (Å²) >= 11 is 0. The summed E-state index contributed by atoms with van der Waals surface area (Å²) in [5.74, 6) is -1.40. The first-order chi connectivity index (χ1) is 28.5. The van der Waals surface area contributed by atoms with Crippen molar-refractivity contribution in [3.05, 3.63) is 101 Å². The number of imide groups is 1. The number of hydrogen-bond acceptors (Lipinski definition) is 9. The van der Waals surface area contributed by atoms with Crippen LogP contribution in [0.3, 0.4) is 0 Å². The molecule has 1 aliphatic carbocycles. The quantitative estimate of drug-likeness (QED) is 0.165. The number of nitrogens with one attached hydrogen (secondary N) is 3. The van der Waals surface area contributed by atoms with E-state index >= 15 is 8.78 Å². The molecule has 3 saturated heterocycles. The van der Waals surface area contributed by atoms with Crippen molar-refractivity contribution in [1.29, 1.82) is 0 Å². The molecule has 4 aromatic rings. The summed E-state index contributed by atoms with van der Waals surface area (Å²) in [6.45, 7) is 2.35. The highest BCUT2D eigenvalue weighted by molar-refractivity contribution is 6.01. The molecule has 0 spiro atoms. The Balaban J connectivity index is 0.776. The van der Waals surface area contributed by atoms with E-state index in [1.807, 2.05) is 4.90 Å². The third-order valence-corrected chi connectivity index (χ3v) is 12.5. The monoisotopic (exact) mass is 810 g/mol. The molecule has 0 bridgehead atoms. The van der Waals surface area contributed by atoms with Crippen LogP contribution in [0.25, 0.3) is 16.9 Å². The van der Waals surface area contributed by atoms with E-state index in [4.69, 9.17) is 0 Å². The smallest absolute Gasteiger partial charge is 0.255 e. The highest BCUT2D eigenvalue weighted by atomic mass is 19.1. The number of anilines is 2. The van der Waals surface area contributed by atoms with Gasteiger partial charge in [0, 0.05) is 80.1 Å². The van der Waals surface area contributed by atoms with Gasteiger partial charge in [-0.25, -0.2) is 23.1 Å². The van der Waals surface area contributed by atoms with Gasteiger partial charge in [-0.1, -0.05) is 24.3 Å². The molecule has 1 saturated carbocycles. The summed E-state index contributed by atoms with van der Waals surface area (Å²) in [4.78, 5) is 62.1. The number of rotatable bonds is 10. The van der Waals surface area contributed by atoms with Crippen molar-refractivity contribution in [3.63, 3.8) is 0 Å². The minimum atomic E-state index is -1.39. The van der Waals surface area contributed by atoms with Crippen LogP contribution in [0, 0.1) is 17.6 Å². The van der Waals surface area contributed by atoms with Crippen LogP contribution < -0.4 is 21.5 Å². The summed E-state index contributed by atoms with van der Waals surface area (Å²) in [5.41, 5.74) is 0.735. The van der Waals surface area contributed by atoms with Crippen LogP contribution in [-0.4, -0.2) is 92.5 Å². The van der Waals surface area contributed by atoms with E-state index in [-0.39, 0.29) is 66.0 Å². The van der Waals surface area contributed by atoms with Crippen LogP contribution in [-0.2, 0) is 14.4 Å². The second kappa shape index (κ2) is 17.3. The number of carbonyl (C=O) groups is 3. The largest absolute Gasteiger partial charge is 0.374 e. The molecule has 310 valence electrons. The zero-order valence-electron chi connectivity index (χ0n) is 32.8. The number of aromatic nitrogens is 3. The number of likely N-dealkylation sites (tertiary alicyclic amines) is 2. The highest BCUT2D eigenvalue weighted by Crippen LogP contribution is 2.36. The normalized spacial score (nSPS) is 22.8. The number of carbonyl (C=O) groups excluding carboxylic acids is 3. The second-order valence-corrected chi connectivity index (χ2v) is 16.5. The van der Waals surface area contributed by atoms with Crippen molar-refractivity contribution in [2.24, 2.45) is 5.92 Å². The Bertz CT molecular complexity index is 2250. The van der Waals surface area contributed by atoms with Crippen LogP contribution >= 0.6 is 0 Å². The maximum atomic E-state index is 16.2. The Kier molecular flexibility index (Phi) is 11.8. The second-order valence-electron chi connectivity index (χ2n) is 16.5. The van der Waals surface area contributed by atoms with E-state index in [0.29, 0.717) is 106 Å². The lowest BCUT2D eigenvalue weighted by molar-refractivity contribution is -0.139. The molecule has 2 aromatic carbocycles. The third kappa shape index (κ3) is 9.35. The molecule has 12 nitrogen and oxygen atoms in total. The van der Waals surface area contributed by atoms with E-state index < -0.39 is 23.4 Å². The number of pyridine rings is 1. The zero-order valence-corrected chi connectivity index (χ0v) is 32.8. The zero-order chi connectivity index (χ0) is 41.1. The number of hydrogen-bond donors (Lipinski definition) is 3. The Hall–Kier alpha value is -5.57. The van der Waals surface area contributed by atoms with Crippen LogP contribution in [0.2, 0.25) is 0 Å². The van der Waals surface area contributed by atoms with E-state index in [9.17, 15) is 23.6 Å². The molecule has 15 heteroatoms. The lowest BCUT2D eigenvalue weighted by Crippen LogP contribution is -2.52. The van der Waals surface area contributed by atoms with Crippen LogP contribution in [0.5, 0.6) is 0 Å². The summed E-state index contributed by atoms with van der Waals surface area (Å²) in [5, 5.41) is 8.66. The first-order valence-electron chi connectivity index (χ1n) is 20.7. The van der Waals surface area contributed by atoms with E-state index in [1.165, 1.54) is 16.7 Å². The number of alkyl halides is 1. The summed E-state index contributed by atoms with van der Waals surface area (Å²) in [7, 11) is 0. The molecule has 1 unspecified atom stereocenters. The number of benzene rings is 2. The molecule has 3 amide bonds. The molecule has 5 heterocycles. The van der Waals surface area contributed by atoms with Crippen molar-refractivity contribution in [2.75, 3.05) is 43.4 Å². The van der Waals surface area contributed by atoms with E-state index in [2.05, 4.69) is 30.8 Å². The Morgan fingerprint density at radius 3 is 2.36 bits per heavy atom. The maximum absolute atomic E-state index is 16.2. The van der Waals surface area contributed by atoms with Gasteiger partial charge in [0.15, 0.2) is 5.82 Å². The molecule has 4 fully saturated rings. The average Bonchev–Trinajstić information content (AvgIpc) is 3.23. The highest BCUT2D eigenvalue weighted by Gasteiger charge is 2.40. The predicted octanol–water partition coefficient (Wildman–Crippen LogP) is 5.97. The fourth-order valence-corrected chi connectivity index (χ4v) is 9.08. The molecular weight excluding hydrogens is 762 g/mol. The molecule has 2 aromatic heterocycles. The Morgan fingerprint density at radius 2 is 1.63 bits per heavy atom. The van der Waals surface area contributed by atoms with Gasteiger partial charge in [-0.15, -0.1) is 0 Å². The lowest BCUT2D eigenvalue weighted by atomic mass is 9.84. The lowest BCUT2D eigenvalue weighted by Gasteiger charge is -2.42.